The first-order valence-corrected chi connectivity index (χ1v) is 8.72. The molecule has 0 fully saturated rings. The van der Waals surface area contributed by atoms with Crippen LogP contribution in [0.25, 0.3) is 22.3 Å². The minimum atomic E-state index is 0.164. The Hall–Kier alpha value is -3.24. The van der Waals surface area contributed by atoms with Gasteiger partial charge in [-0.2, -0.15) is 0 Å². The molecule has 27 heavy (non-hydrogen) atoms. The summed E-state index contributed by atoms with van der Waals surface area (Å²) in [5, 5.41) is 11.9. The predicted octanol–water partition coefficient (Wildman–Crippen LogP) is 5.70. The molecule has 0 aliphatic heterocycles. The Labute approximate surface area is 161 Å². The van der Waals surface area contributed by atoms with Crippen molar-refractivity contribution in [3.8, 4) is 22.8 Å². The second kappa shape index (κ2) is 7.17. The van der Waals surface area contributed by atoms with E-state index in [1.54, 1.807) is 25.3 Å². The summed E-state index contributed by atoms with van der Waals surface area (Å²) in [7, 11) is 1.62. The number of nitrogens with zero attached hydrogens (tertiary/aromatic N) is 1. The van der Waals surface area contributed by atoms with E-state index in [0.717, 1.165) is 10.9 Å². The second-order valence-electron chi connectivity index (χ2n) is 6.00. The highest BCUT2D eigenvalue weighted by molar-refractivity contribution is 6.30. The number of aromatic hydroxyl groups is 1. The van der Waals surface area contributed by atoms with Crippen LogP contribution >= 0.6 is 11.6 Å². The van der Waals surface area contributed by atoms with Gasteiger partial charge in [0, 0.05) is 28.1 Å². The first-order chi connectivity index (χ1) is 13.1. The standard InChI is InChI=1S/C22H16ClNO3/c1-26-18-9-10-21-19(12-18)20(24-16-3-2-4-17(25)11-16)13-22(27-21)14-5-7-15(23)8-6-14/h2-13,25H,1H3. The van der Waals surface area contributed by atoms with Crippen LogP contribution in [0.15, 0.2) is 82.2 Å². The zero-order valence-electron chi connectivity index (χ0n) is 14.5. The Morgan fingerprint density at radius 1 is 0.963 bits per heavy atom. The molecular weight excluding hydrogens is 362 g/mol. The number of ether oxygens (including phenoxy) is 1. The van der Waals surface area contributed by atoms with Gasteiger partial charge in [0.05, 0.1) is 18.2 Å². The summed E-state index contributed by atoms with van der Waals surface area (Å²) >= 11 is 5.99. The minimum Gasteiger partial charge on any atom is -0.508 e. The molecule has 3 aromatic carbocycles. The fourth-order valence-corrected chi connectivity index (χ4v) is 2.95. The van der Waals surface area contributed by atoms with Gasteiger partial charge < -0.3 is 14.3 Å². The summed E-state index contributed by atoms with van der Waals surface area (Å²) in [6.45, 7) is 0. The zero-order chi connectivity index (χ0) is 18.8. The molecule has 4 nitrogen and oxygen atoms in total. The van der Waals surface area contributed by atoms with Crippen molar-refractivity contribution in [2.24, 2.45) is 4.99 Å². The van der Waals surface area contributed by atoms with Crippen LogP contribution in [-0.4, -0.2) is 12.2 Å². The normalized spacial score (nSPS) is 11.7. The largest absolute Gasteiger partial charge is 0.508 e. The van der Waals surface area contributed by atoms with Crippen molar-refractivity contribution >= 4 is 28.3 Å². The van der Waals surface area contributed by atoms with Gasteiger partial charge in [-0.05, 0) is 54.6 Å². The van der Waals surface area contributed by atoms with Crippen molar-refractivity contribution in [1.82, 2.24) is 0 Å². The predicted molar refractivity (Wildman–Crippen MR) is 107 cm³/mol. The smallest absolute Gasteiger partial charge is 0.137 e. The summed E-state index contributed by atoms with van der Waals surface area (Å²) in [6, 6.07) is 21.7. The molecule has 1 heterocycles. The van der Waals surface area contributed by atoms with Crippen LogP contribution in [0, 0.1) is 0 Å². The van der Waals surface area contributed by atoms with Crippen molar-refractivity contribution < 1.29 is 14.3 Å². The van der Waals surface area contributed by atoms with Crippen LogP contribution in [0.5, 0.6) is 11.5 Å². The third-order valence-electron chi connectivity index (χ3n) is 4.16. The van der Waals surface area contributed by atoms with E-state index in [1.165, 1.54) is 0 Å². The number of benzene rings is 3. The third-order valence-corrected chi connectivity index (χ3v) is 4.41. The Morgan fingerprint density at radius 2 is 1.78 bits per heavy atom. The molecule has 0 saturated carbocycles. The lowest BCUT2D eigenvalue weighted by atomic mass is 10.1. The molecule has 0 unspecified atom stereocenters. The molecule has 0 radical (unpaired) electrons. The number of halogens is 1. The maximum absolute atomic E-state index is 9.73. The van der Waals surface area contributed by atoms with Crippen LogP contribution in [0.2, 0.25) is 5.02 Å². The maximum atomic E-state index is 9.73. The zero-order valence-corrected chi connectivity index (χ0v) is 15.3. The van der Waals surface area contributed by atoms with Gasteiger partial charge in [-0.15, -0.1) is 0 Å². The minimum absolute atomic E-state index is 0.164. The van der Waals surface area contributed by atoms with E-state index in [1.807, 2.05) is 54.6 Å². The second-order valence-corrected chi connectivity index (χ2v) is 6.43. The average Bonchev–Trinajstić information content (AvgIpc) is 2.68. The maximum Gasteiger partial charge on any atom is 0.137 e. The van der Waals surface area contributed by atoms with Gasteiger partial charge in [0.15, 0.2) is 0 Å². The Morgan fingerprint density at radius 3 is 2.52 bits per heavy atom. The topological polar surface area (TPSA) is 55.0 Å². The first-order valence-electron chi connectivity index (χ1n) is 8.34. The summed E-state index contributed by atoms with van der Waals surface area (Å²) < 4.78 is 11.4. The highest BCUT2D eigenvalue weighted by Crippen LogP contribution is 2.26. The number of hydrogen-bond acceptors (Lipinski definition) is 4. The molecule has 4 aromatic rings. The highest BCUT2D eigenvalue weighted by Gasteiger charge is 2.08. The number of fused-ring (bicyclic) bond motifs is 1. The molecular formula is C22H16ClNO3. The molecule has 0 amide bonds. The fraction of sp³-hybridized carbons (Fsp3) is 0.0455. The third kappa shape index (κ3) is 3.66. The first kappa shape index (κ1) is 17.2. The lowest BCUT2D eigenvalue weighted by Gasteiger charge is -2.07. The van der Waals surface area contributed by atoms with E-state index < -0.39 is 0 Å². The molecule has 1 N–H and O–H groups in total. The van der Waals surface area contributed by atoms with E-state index in [2.05, 4.69) is 0 Å². The van der Waals surface area contributed by atoms with E-state index in [0.29, 0.717) is 33.2 Å². The average molecular weight is 378 g/mol. The molecule has 5 heteroatoms. The molecule has 0 bridgehead atoms. The van der Waals surface area contributed by atoms with Gasteiger partial charge in [-0.25, -0.2) is 4.99 Å². The lowest BCUT2D eigenvalue weighted by molar-refractivity contribution is 0.415. The van der Waals surface area contributed by atoms with Crippen LogP contribution in [0.3, 0.4) is 0 Å². The Bertz CT molecular complexity index is 1180. The lowest BCUT2D eigenvalue weighted by Crippen LogP contribution is -2.03. The van der Waals surface area contributed by atoms with Crippen molar-refractivity contribution in [2.45, 2.75) is 0 Å². The van der Waals surface area contributed by atoms with Crippen molar-refractivity contribution in [1.29, 1.82) is 0 Å². The number of hydrogen-bond donors (Lipinski definition) is 1. The molecule has 4 rings (SSSR count). The van der Waals surface area contributed by atoms with Crippen molar-refractivity contribution in [2.75, 3.05) is 7.11 Å². The van der Waals surface area contributed by atoms with Crippen LogP contribution < -0.4 is 10.1 Å². The van der Waals surface area contributed by atoms with Crippen LogP contribution in [0.4, 0.5) is 5.69 Å². The quantitative estimate of drug-likeness (QED) is 0.498. The molecule has 0 saturated heterocycles. The SMILES string of the molecule is COc1ccc2oc(-c3ccc(Cl)cc3)cc(=Nc3cccc(O)c3)c2c1. The van der Waals surface area contributed by atoms with E-state index in [9.17, 15) is 5.11 Å². The van der Waals surface area contributed by atoms with E-state index >= 15 is 0 Å². The monoisotopic (exact) mass is 377 g/mol. The van der Waals surface area contributed by atoms with Crippen LogP contribution in [0.1, 0.15) is 0 Å². The van der Waals surface area contributed by atoms with Gasteiger partial charge in [0.1, 0.15) is 22.8 Å². The summed E-state index contributed by atoms with van der Waals surface area (Å²) in [5.41, 5.74) is 2.22. The number of phenols is 1. The van der Waals surface area contributed by atoms with Crippen molar-refractivity contribution in [3.05, 3.63) is 83.2 Å². The molecule has 0 aliphatic carbocycles. The van der Waals surface area contributed by atoms with E-state index in [-0.39, 0.29) is 5.75 Å². The van der Waals surface area contributed by atoms with Crippen molar-refractivity contribution in [3.63, 3.8) is 0 Å². The van der Waals surface area contributed by atoms with Gasteiger partial charge in [0.2, 0.25) is 0 Å². The number of methoxy groups -OCH3 is 1. The van der Waals surface area contributed by atoms with Crippen LogP contribution in [-0.2, 0) is 0 Å². The highest BCUT2D eigenvalue weighted by atomic mass is 35.5. The summed E-state index contributed by atoms with van der Waals surface area (Å²) in [4.78, 5) is 4.71. The molecule has 0 aliphatic rings. The van der Waals surface area contributed by atoms with Gasteiger partial charge in [0.25, 0.3) is 0 Å². The number of rotatable bonds is 3. The Balaban J connectivity index is 1.99. The van der Waals surface area contributed by atoms with Gasteiger partial charge in [-0.1, -0.05) is 17.7 Å². The summed E-state index contributed by atoms with van der Waals surface area (Å²) in [5.74, 6) is 1.55. The molecule has 1 aromatic heterocycles. The number of phenolic OH excluding ortho intramolecular Hbond substituents is 1. The molecule has 0 spiro atoms. The van der Waals surface area contributed by atoms with Gasteiger partial charge in [-0.3, -0.25) is 0 Å². The molecule has 0 atom stereocenters. The fourth-order valence-electron chi connectivity index (χ4n) is 2.83. The summed E-state index contributed by atoms with van der Waals surface area (Å²) in [6.07, 6.45) is 0. The van der Waals surface area contributed by atoms with Gasteiger partial charge >= 0.3 is 0 Å². The Kier molecular flexibility index (Phi) is 4.57. The van der Waals surface area contributed by atoms with E-state index in [4.69, 9.17) is 25.7 Å². The molecule has 134 valence electrons.